The third-order valence-corrected chi connectivity index (χ3v) is 2.21. The summed E-state index contributed by atoms with van der Waals surface area (Å²) in [5.41, 5.74) is 0.413. The van der Waals surface area contributed by atoms with E-state index in [2.05, 4.69) is 0 Å². The molecule has 5 heteroatoms. The average molecular weight is 199 g/mol. The summed E-state index contributed by atoms with van der Waals surface area (Å²) >= 11 is -2.30. The summed E-state index contributed by atoms with van der Waals surface area (Å²) in [5, 5.41) is 0. The number of carbonyl (C=O) groups is 1. The van der Waals surface area contributed by atoms with E-state index in [9.17, 15) is 9.00 Å². The largest absolute Gasteiger partial charge is 0.289 e. The smallest absolute Gasteiger partial charge is 0.268 e. The number of anilines is 1. The molecule has 0 spiro atoms. The van der Waals surface area contributed by atoms with Gasteiger partial charge in [0.2, 0.25) is 5.91 Å². The molecule has 1 atom stereocenters. The predicted molar refractivity (Wildman–Crippen MR) is 50.4 cm³/mol. The van der Waals surface area contributed by atoms with Crippen LogP contribution in [0.2, 0.25) is 0 Å². The zero-order valence-electron chi connectivity index (χ0n) is 7.01. The molecule has 0 aliphatic carbocycles. The van der Waals surface area contributed by atoms with Gasteiger partial charge in [-0.15, -0.1) is 0 Å². The Bertz CT molecular complexity index is 311. The Morgan fingerprint density at radius 1 is 1.38 bits per heavy atom. The van der Waals surface area contributed by atoms with Gasteiger partial charge in [0.1, 0.15) is 0 Å². The molecular formula is C8H9NO3S. The van der Waals surface area contributed by atoms with Crippen molar-refractivity contribution in [3.63, 3.8) is 0 Å². The van der Waals surface area contributed by atoms with Crippen LogP contribution >= 0.6 is 0 Å². The van der Waals surface area contributed by atoms with E-state index in [1.165, 1.54) is 6.92 Å². The van der Waals surface area contributed by atoms with E-state index < -0.39 is 17.2 Å². The lowest BCUT2D eigenvalue weighted by Gasteiger charge is -2.14. The minimum atomic E-state index is -2.30. The number of carbonyl (C=O) groups excluding carboxylic acids is 1. The highest BCUT2D eigenvalue weighted by molar-refractivity contribution is 7.81. The number of amides is 1. The number of para-hydroxylation sites is 1. The maximum atomic E-state index is 11.0. The first-order valence-electron chi connectivity index (χ1n) is 3.59. The minimum absolute atomic E-state index is 0.413. The van der Waals surface area contributed by atoms with Crippen LogP contribution < -0.4 is 4.31 Å². The number of hydrogen-bond donors (Lipinski definition) is 1. The lowest BCUT2D eigenvalue weighted by Crippen LogP contribution is -2.29. The van der Waals surface area contributed by atoms with Gasteiger partial charge < -0.3 is 0 Å². The zero-order valence-corrected chi connectivity index (χ0v) is 7.82. The van der Waals surface area contributed by atoms with Crippen molar-refractivity contribution in [3.05, 3.63) is 30.3 Å². The second-order valence-corrected chi connectivity index (χ2v) is 3.21. The van der Waals surface area contributed by atoms with Crippen LogP contribution in [0, 0.1) is 0 Å². The number of nitrogens with zero attached hydrogens (tertiary/aromatic N) is 1. The van der Waals surface area contributed by atoms with E-state index in [0.717, 1.165) is 4.31 Å². The van der Waals surface area contributed by atoms with Gasteiger partial charge in [-0.25, -0.2) is 8.51 Å². The Morgan fingerprint density at radius 2 is 1.92 bits per heavy atom. The van der Waals surface area contributed by atoms with Gasteiger partial charge >= 0.3 is 0 Å². The molecule has 1 N–H and O–H groups in total. The Morgan fingerprint density at radius 3 is 2.31 bits per heavy atom. The third-order valence-electron chi connectivity index (χ3n) is 1.43. The first-order chi connectivity index (χ1) is 6.13. The Balaban J connectivity index is 3.03. The summed E-state index contributed by atoms with van der Waals surface area (Å²) in [7, 11) is 0. The lowest BCUT2D eigenvalue weighted by molar-refractivity contribution is -0.115. The van der Waals surface area contributed by atoms with E-state index in [4.69, 9.17) is 4.55 Å². The van der Waals surface area contributed by atoms with Crippen LogP contribution in [-0.2, 0) is 16.1 Å². The van der Waals surface area contributed by atoms with Gasteiger partial charge in [0.05, 0.1) is 5.69 Å². The van der Waals surface area contributed by atoms with Crippen molar-refractivity contribution >= 4 is 22.9 Å². The molecule has 0 fully saturated rings. The van der Waals surface area contributed by atoms with Gasteiger partial charge in [-0.2, -0.15) is 0 Å². The maximum Gasteiger partial charge on any atom is 0.268 e. The normalized spacial score (nSPS) is 12.2. The molecule has 0 aliphatic heterocycles. The summed E-state index contributed by atoms with van der Waals surface area (Å²) in [6.07, 6.45) is 0. The first-order valence-corrected chi connectivity index (χ1v) is 4.66. The Kier molecular flexibility index (Phi) is 3.16. The van der Waals surface area contributed by atoms with E-state index in [1.807, 2.05) is 0 Å². The molecule has 1 unspecified atom stereocenters. The van der Waals surface area contributed by atoms with Crippen molar-refractivity contribution in [2.75, 3.05) is 4.31 Å². The van der Waals surface area contributed by atoms with Crippen molar-refractivity contribution < 1.29 is 13.6 Å². The molecule has 4 nitrogen and oxygen atoms in total. The lowest BCUT2D eigenvalue weighted by atomic mass is 10.3. The highest BCUT2D eigenvalue weighted by Crippen LogP contribution is 2.14. The number of benzene rings is 1. The molecular weight excluding hydrogens is 190 g/mol. The monoisotopic (exact) mass is 199 g/mol. The highest BCUT2D eigenvalue weighted by Gasteiger charge is 2.15. The predicted octanol–water partition coefficient (Wildman–Crippen LogP) is 1.18. The second kappa shape index (κ2) is 4.15. The fourth-order valence-corrected chi connectivity index (χ4v) is 1.47. The molecule has 0 aliphatic rings. The fourth-order valence-electron chi connectivity index (χ4n) is 0.945. The molecule has 70 valence electrons. The van der Waals surface area contributed by atoms with Crippen molar-refractivity contribution in [1.82, 2.24) is 0 Å². The summed E-state index contributed by atoms with van der Waals surface area (Å²) < 4.78 is 20.4. The Labute approximate surface area is 78.6 Å². The Hall–Kier alpha value is -1.20. The number of hydrogen-bond acceptors (Lipinski definition) is 2. The molecule has 0 aromatic heterocycles. The molecule has 13 heavy (non-hydrogen) atoms. The van der Waals surface area contributed by atoms with E-state index in [-0.39, 0.29) is 0 Å². The molecule has 0 saturated carbocycles. The van der Waals surface area contributed by atoms with Gasteiger partial charge in [-0.05, 0) is 12.1 Å². The van der Waals surface area contributed by atoms with Crippen molar-refractivity contribution in [3.8, 4) is 0 Å². The molecule has 1 aromatic rings. The standard InChI is InChI=1S/C8H9NO3S/c1-7(10)9(13(11)12)8-5-3-2-4-6-8/h2-6H,1H3,(H,11,12). The highest BCUT2D eigenvalue weighted by atomic mass is 32.2. The zero-order chi connectivity index (χ0) is 9.84. The molecule has 1 aromatic carbocycles. The summed E-state index contributed by atoms with van der Waals surface area (Å²) in [5.74, 6) is -0.466. The van der Waals surface area contributed by atoms with Crippen LogP contribution in [0.4, 0.5) is 5.69 Å². The van der Waals surface area contributed by atoms with E-state index in [0.29, 0.717) is 5.69 Å². The molecule has 0 saturated heterocycles. The van der Waals surface area contributed by atoms with Crippen LogP contribution in [0.25, 0.3) is 0 Å². The average Bonchev–Trinajstić information content (AvgIpc) is 2.04. The maximum absolute atomic E-state index is 11.0. The topological polar surface area (TPSA) is 57.6 Å². The quantitative estimate of drug-likeness (QED) is 0.727. The minimum Gasteiger partial charge on any atom is -0.289 e. The van der Waals surface area contributed by atoms with Crippen molar-refractivity contribution in [2.45, 2.75) is 6.92 Å². The first kappa shape index (κ1) is 9.88. The molecule has 0 bridgehead atoms. The summed E-state index contributed by atoms with van der Waals surface area (Å²) in [4.78, 5) is 11.0. The van der Waals surface area contributed by atoms with Crippen molar-refractivity contribution in [2.24, 2.45) is 0 Å². The molecule has 0 radical (unpaired) electrons. The SMILES string of the molecule is CC(=O)N(c1ccccc1)S(=O)O. The summed E-state index contributed by atoms with van der Waals surface area (Å²) in [6, 6.07) is 8.34. The van der Waals surface area contributed by atoms with Crippen LogP contribution in [0.5, 0.6) is 0 Å². The van der Waals surface area contributed by atoms with Gasteiger partial charge in [0.15, 0.2) is 0 Å². The fraction of sp³-hybridized carbons (Fsp3) is 0.125. The van der Waals surface area contributed by atoms with Gasteiger partial charge in [0.25, 0.3) is 11.3 Å². The van der Waals surface area contributed by atoms with Gasteiger partial charge in [-0.3, -0.25) is 9.35 Å². The van der Waals surface area contributed by atoms with Crippen LogP contribution in [0.3, 0.4) is 0 Å². The molecule has 1 rings (SSSR count). The van der Waals surface area contributed by atoms with E-state index >= 15 is 0 Å². The van der Waals surface area contributed by atoms with Crippen LogP contribution in [0.1, 0.15) is 6.92 Å². The van der Waals surface area contributed by atoms with Gasteiger partial charge in [-0.1, -0.05) is 18.2 Å². The van der Waals surface area contributed by atoms with E-state index in [1.54, 1.807) is 30.3 Å². The van der Waals surface area contributed by atoms with Gasteiger partial charge in [0, 0.05) is 6.92 Å². The van der Waals surface area contributed by atoms with Crippen LogP contribution in [0.15, 0.2) is 30.3 Å². The third kappa shape index (κ3) is 2.37. The number of rotatable bonds is 2. The molecule has 1 amide bonds. The van der Waals surface area contributed by atoms with Crippen molar-refractivity contribution in [1.29, 1.82) is 0 Å². The second-order valence-electron chi connectivity index (χ2n) is 2.38. The van der Waals surface area contributed by atoms with Crippen LogP contribution in [-0.4, -0.2) is 14.7 Å². The molecule has 0 heterocycles. The summed E-state index contributed by atoms with van der Waals surface area (Å²) in [6.45, 7) is 1.24.